The third-order valence-electron chi connectivity index (χ3n) is 1.94. The number of ketones is 1. The molecule has 0 aromatic rings. The van der Waals surface area contributed by atoms with E-state index in [1.54, 1.807) is 6.92 Å². The van der Waals surface area contributed by atoms with Crippen LogP contribution in [0.15, 0.2) is 12.2 Å². The zero-order valence-electron chi connectivity index (χ0n) is 9.41. The van der Waals surface area contributed by atoms with Gasteiger partial charge in [0, 0.05) is 26.9 Å². The maximum atomic E-state index is 11.2. The first-order chi connectivity index (χ1) is 7.01. The first kappa shape index (κ1) is 14.5. The Hall–Kier alpha value is -0.533. The molecule has 0 aliphatic rings. The number of rotatable bonds is 8. The van der Waals surface area contributed by atoms with Gasteiger partial charge < -0.3 is 18.4 Å². The summed E-state index contributed by atoms with van der Waals surface area (Å²) in [5, 5.41) is 8.83. The first-order valence-corrected chi connectivity index (χ1v) is 6.48. The molecule has 0 radical (unpaired) electrons. The number of hydrogen-bond acceptors (Lipinski definition) is 5. The van der Waals surface area contributed by atoms with Crippen LogP contribution in [0.2, 0.25) is 6.04 Å². The van der Waals surface area contributed by atoms with Crippen LogP contribution >= 0.6 is 0 Å². The van der Waals surface area contributed by atoms with Gasteiger partial charge in [-0.3, -0.25) is 4.79 Å². The highest BCUT2D eigenvalue weighted by Gasteiger charge is 2.39. The lowest BCUT2D eigenvalue weighted by Gasteiger charge is -2.25. The summed E-state index contributed by atoms with van der Waals surface area (Å²) in [6, 6.07) is 0.267. The lowest BCUT2D eigenvalue weighted by atomic mass is 10.2. The third-order valence-corrected chi connectivity index (χ3v) is 4.60. The highest BCUT2D eigenvalue weighted by Crippen LogP contribution is 2.13. The first-order valence-electron chi connectivity index (χ1n) is 4.55. The van der Waals surface area contributed by atoms with E-state index in [4.69, 9.17) is 18.4 Å². The van der Waals surface area contributed by atoms with Gasteiger partial charge in [0.1, 0.15) is 6.61 Å². The van der Waals surface area contributed by atoms with E-state index in [1.165, 1.54) is 14.2 Å². The molecule has 0 amide bonds. The molecule has 0 saturated carbocycles. The van der Waals surface area contributed by atoms with Crippen LogP contribution in [-0.4, -0.2) is 47.1 Å². The molecule has 0 fully saturated rings. The zero-order valence-corrected chi connectivity index (χ0v) is 10.4. The van der Waals surface area contributed by atoms with Gasteiger partial charge in [0.05, 0.1) is 0 Å². The van der Waals surface area contributed by atoms with Crippen molar-refractivity contribution in [2.75, 3.05) is 27.4 Å². The summed E-state index contributed by atoms with van der Waals surface area (Å²) < 4.78 is 15.5. The molecule has 0 aliphatic carbocycles. The summed E-state index contributed by atoms with van der Waals surface area (Å²) in [5.41, 5.74) is 0.425. The number of Topliss-reactive ketones (excluding diaryl/α,β-unsaturated/α-hetero) is 1. The van der Waals surface area contributed by atoms with Gasteiger partial charge in [0.2, 0.25) is 0 Å². The Labute approximate surface area is 91.0 Å². The van der Waals surface area contributed by atoms with Crippen molar-refractivity contribution in [3.8, 4) is 0 Å². The highest BCUT2D eigenvalue weighted by molar-refractivity contribution is 6.60. The molecular weight excluding hydrogens is 216 g/mol. The van der Waals surface area contributed by atoms with E-state index in [0.29, 0.717) is 5.57 Å². The summed E-state index contributed by atoms with van der Waals surface area (Å²) >= 11 is 0. The summed E-state index contributed by atoms with van der Waals surface area (Å²) in [4.78, 5) is 11.2. The summed E-state index contributed by atoms with van der Waals surface area (Å²) in [5.74, 6) is -0.195. The predicted octanol–water partition coefficient (Wildman–Crippen LogP) is 0.372. The fourth-order valence-corrected chi connectivity index (χ4v) is 2.49. The Bertz CT molecular complexity index is 225. The topological polar surface area (TPSA) is 65.0 Å². The van der Waals surface area contributed by atoms with Crippen LogP contribution in [0.25, 0.3) is 0 Å². The van der Waals surface area contributed by atoms with Crippen LogP contribution in [0, 0.1) is 0 Å². The van der Waals surface area contributed by atoms with Crippen molar-refractivity contribution in [2.45, 2.75) is 13.0 Å². The molecule has 0 saturated heterocycles. The van der Waals surface area contributed by atoms with Gasteiger partial charge in [-0.15, -0.1) is 0 Å². The van der Waals surface area contributed by atoms with E-state index in [2.05, 4.69) is 6.58 Å². The number of carbonyl (C=O) groups is 1. The van der Waals surface area contributed by atoms with Crippen LogP contribution in [0.3, 0.4) is 0 Å². The number of aliphatic hydroxyl groups excluding tert-OH is 1. The molecule has 15 heavy (non-hydrogen) atoms. The largest absolute Gasteiger partial charge is 0.503 e. The van der Waals surface area contributed by atoms with Gasteiger partial charge in [-0.05, 0) is 12.5 Å². The maximum Gasteiger partial charge on any atom is 0.503 e. The molecule has 6 heteroatoms. The van der Waals surface area contributed by atoms with Crippen molar-refractivity contribution in [2.24, 2.45) is 0 Å². The predicted molar refractivity (Wildman–Crippen MR) is 57.4 cm³/mol. The average Bonchev–Trinajstić information content (AvgIpc) is 2.23. The molecule has 0 aromatic carbocycles. The minimum Gasteiger partial charge on any atom is -0.396 e. The molecule has 0 aromatic heterocycles. The van der Waals surface area contributed by atoms with Crippen molar-refractivity contribution >= 4 is 14.6 Å². The normalized spacial score (nSPS) is 11.5. The van der Waals surface area contributed by atoms with Crippen molar-refractivity contribution < 1.29 is 23.2 Å². The lowest BCUT2D eigenvalue weighted by molar-refractivity contribution is -0.118. The smallest absolute Gasteiger partial charge is 0.396 e. The number of hydrogen-bond donors (Lipinski definition) is 1. The molecule has 0 aliphatic heterocycles. The molecule has 1 N–H and O–H groups in total. The van der Waals surface area contributed by atoms with Crippen LogP contribution in [0.4, 0.5) is 0 Å². The fraction of sp³-hybridized carbons (Fsp3) is 0.667. The minimum absolute atomic E-state index is 0.102. The zero-order chi connectivity index (χ0) is 11.9. The van der Waals surface area contributed by atoms with Crippen LogP contribution in [0.1, 0.15) is 6.92 Å². The van der Waals surface area contributed by atoms with Crippen LogP contribution in [-0.2, 0) is 18.1 Å². The minimum atomic E-state index is -2.86. The van der Waals surface area contributed by atoms with Crippen molar-refractivity contribution in [1.82, 2.24) is 0 Å². The monoisotopic (exact) mass is 234 g/mol. The Morgan fingerprint density at radius 1 is 1.40 bits per heavy atom. The molecule has 88 valence electrons. The molecule has 0 bridgehead atoms. The Morgan fingerprint density at radius 2 is 1.93 bits per heavy atom. The number of aliphatic hydroxyl groups is 1. The van der Waals surface area contributed by atoms with Crippen molar-refractivity contribution in [3.63, 3.8) is 0 Å². The molecule has 0 heterocycles. The van der Waals surface area contributed by atoms with Gasteiger partial charge in [-0.25, -0.2) is 0 Å². The maximum absolute atomic E-state index is 11.2. The quantitative estimate of drug-likeness (QED) is 0.485. The van der Waals surface area contributed by atoms with E-state index in [9.17, 15) is 4.79 Å². The lowest BCUT2D eigenvalue weighted by Crippen LogP contribution is -2.45. The van der Waals surface area contributed by atoms with Crippen LogP contribution in [0.5, 0.6) is 0 Å². The molecule has 0 rings (SSSR count). The molecule has 0 atom stereocenters. The van der Waals surface area contributed by atoms with Gasteiger partial charge in [-0.2, -0.15) is 0 Å². The van der Waals surface area contributed by atoms with E-state index < -0.39 is 8.80 Å². The molecular formula is C9H18O5Si. The van der Waals surface area contributed by atoms with Crippen molar-refractivity contribution in [3.05, 3.63) is 12.2 Å². The van der Waals surface area contributed by atoms with E-state index in [0.717, 1.165) is 0 Å². The molecule has 0 spiro atoms. The van der Waals surface area contributed by atoms with E-state index in [-0.39, 0.29) is 25.0 Å². The molecule has 5 nitrogen and oxygen atoms in total. The summed E-state index contributed by atoms with van der Waals surface area (Å²) in [6.07, 6.45) is 0. The standard InChI is InChI=1S/C9H18O5Si/c1-8(2)9(11)7-14-15(12-3,13-4)6-5-10/h10H,1,5-7H2,2-4H3. The van der Waals surface area contributed by atoms with Crippen molar-refractivity contribution in [1.29, 1.82) is 0 Å². The van der Waals surface area contributed by atoms with Crippen LogP contribution < -0.4 is 0 Å². The Kier molecular flexibility index (Phi) is 6.62. The highest BCUT2D eigenvalue weighted by atomic mass is 28.4. The van der Waals surface area contributed by atoms with Gasteiger partial charge in [-0.1, -0.05) is 6.58 Å². The number of carbonyl (C=O) groups excluding carboxylic acids is 1. The Balaban J connectivity index is 4.28. The van der Waals surface area contributed by atoms with Gasteiger partial charge >= 0.3 is 8.80 Å². The second-order valence-electron chi connectivity index (χ2n) is 3.06. The van der Waals surface area contributed by atoms with Gasteiger partial charge in [0.15, 0.2) is 5.78 Å². The summed E-state index contributed by atoms with van der Waals surface area (Å²) in [6.45, 7) is 4.90. The molecule has 0 unspecified atom stereocenters. The van der Waals surface area contributed by atoms with E-state index >= 15 is 0 Å². The second kappa shape index (κ2) is 6.86. The van der Waals surface area contributed by atoms with E-state index in [1.807, 2.05) is 0 Å². The SMILES string of the molecule is C=C(C)C(=O)CO[Si](CCO)(OC)OC. The Morgan fingerprint density at radius 3 is 2.27 bits per heavy atom. The second-order valence-corrected chi connectivity index (χ2v) is 6.03. The third kappa shape index (κ3) is 4.67. The fourth-order valence-electron chi connectivity index (χ4n) is 0.913. The van der Waals surface area contributed by atoms with Gasteiger partial charge in [0.25, 0.3) is 0 Å². The summed E-state index contributed by atoms with van der Waals surface area (Å²) in [7, 11) is 0.0182. The average molecular weight is 234 g/mol.